The fraction of sp³-hybridized carbons (Fsp3) is 0.786. The van der Waals surface area contributed by atoms with E-state index in [-0.39, 0.29) is 0 Å². The van der Waals surface area contributed by atoms with Gasteiger partial charge >= 0.3 is 0 Å². The monoisotopic (exact) mass is 246 g/mol. The van der Waals surface area contributed by atoms with Crippen molar-refractivity contribution in [3.05, 3.63) is 11.8 Å². The van der Waals surface area contributed by atoms with Gasteiger partial charge in [0.05, 0.1) is 0 Å². The van der Waals surface area contributed by atoms with E-state index in [0.717, 1.165) is 25.0 Å². The SMILES string of the molecule is c1c(N2CCN(C3CCC3)CC2)n[nH]c1C1CC1. The first-order valence-corrected chi connectivity index (χ1v) is 7.44. The Morgan fingerprint density at radius 2 is 1.83 bits per heavy atom. The topological polar surface area (TPSA) is 35.2 Å². The van der Waals surface area contributed by atoms with E-state index in [1.54, 1.807) is 0 Å². The number of aromatic nitrogens is 2. The number of H-pyrrole nitrogens is 1. The van der Waals surface area contributed by atoms with Gasteiger partial charge in [-0.3, -0.25) is 10.00 Å². The first-order valence-electron chi connectivity index (χ1n) is 7.44. The van der Waals surface area contributed by atoms with Crippen LogP contribution in [0.1, 0.15) is 43.7 Å². The van der Waals surface area contributed by atoms with Crippen LogP contribution in [0.2, 0.25) is 0 Å². The minimum Gasteiger partial charge on any atom is -0.353 e. The number of piperazine rings is 1. The Hall–Kier alpha value is -1.03. The summed E-state index contributed by atoms with van der Waals surface area (Å²) in [4.78, 5) is 5.12. The molecule has 18 heavy (non-hydrogen) atoms. The highest BCUT2D eigenvalue weighted by Gasteiger charge is 2.30. The Labute approximate surface area is 108 Å². The molecule has 0 bridgehead atoms. The van der Waals surface area contributed by atoms with E-state index in [1.165, 1.54) is 56.7 Å². The van der Waals surface area contributed by atoms with Gasteiger partial charge in [0, 0.05) is 49.9 Å². The molecule has 2 saturated carbocycles. The zero-order chi connectivity index (χ0) is 11.9. The van der Waals surface area contributed by atoms with Crippen LogP contribution in [-0.4, -0.2) is 47.3 Å². The number of nitrogens with zero attached hydrogens (tertiary/aromatic N) is 3. The van der Waals surface area contributed by atoms with Gasteiger partial charge in [0.25, 0.3) is 0 Å². The molecule has 4 nitrogen and oxygen atoms in total. The van der Waals surface area contributed by atoms with Crippen molar-refractivity contribution in [3.63, 3.8) is 0 Å². The third kappa shape index (κ3) is 1.92. The van der Waals surface area contributed by atoms with Crippen molar-refractivity contribution in [1.29, 1.82) is 0 Å². The predicted molar refractivity (Wildman–Crippen MR) is 72.0 cm³/mol. The van der Waals surface area contributed by atoms with Gasteiger partial charge in [-0.25, -0.2) is 0 Å². The number of nitrogens with one attached hydrogen (secondary N) is 1. The standard InChI is InChI=1S/C14H22N4/c1-2-12(3-1)17-6-8-18(9-7-17)14-10-13(15-16-14)11-4-5-11/h10-12H,1-9H2,(H,15,16). The summed E-state index contributed by atoms with van der Waals surface area (Å²) in [5.74, 6) is 1.95. The molecular weight excluding hydrogens is 224 g/mol. The summed E-state index contributed by atoms with van der Waals surface area (Å²) >= 11 is 0. The molecule has 0 atom stereocenters. The van der Waals surface area contributed by atoms with Gasteiger partial charge < -0.3 is 4.90 Å². The molecule has 0 spiro atoms. The second-order valence-corrected chi connectivity index (χ2v) is 6.06. The van der Waals surface area contributed by atoms with Crippen LogP contribution in [-0.2, 0) is 0 Å². The molecule has 2 aliphatic carbocycles. The maximum absolute atomic E-state index is 4.49. The van der Waals surface area contributed by atoms with Crippen LogP contribution >= 0.6 is 0 Å². The lowest BCUT2D eigenvalue weighted by molar-refractivity contribution is 0.120. The first-order chi connectivity index (χ1) is 8.90. The summed E-state index contributed by atoms with van der Waals surface area (Å²) in [5, 5.41) is 7.70. The quantitative estimate of drug-likeness (QED) is 0.885. The highest BCUT2D eigenvalue weighted by Crippen LogP contribution is 2.40. The van der Waals surface area contributed by atoms with Gasteiger partial charge in [0.2, 0.25) is 0 Å². The molecule has 1 aromatic rings. The third-order valence-electron chi connectivity index (χ3n) is 4.83. The normalized spacial score (nSPS) is 26.3. The van der Waals surface area contributed by atoms with Crippen LogP contribution in [0.25, 0.3) is 0 Å². The van der Waals surface area contributed by atoms with E-state index in [0.29, 0.717) is 0 Å². The average molecular weight is 246 g/mol. The zero-order valence-corrected chi connectivity index (χ0v) is 10.9. The Balaban J connectivity index is 1.37. The highest BCUT2D eigenvalue weighted by atomic mass is 15.3. The van der Waals surface area contributed by atoms with E-state index in [1.807, 2.05) is 0 Å². The average Bonchev–Trinajstić information content (AvgIpc) is 3.07. The summed E-state index contributed by atoms with van der Waals surface area (Å²) in [6.45, 7) is 4.73. The van der Waals surface area contributed by atoms with Crippen molar-refractivity contribution in [1.82, 2.24) is 15.1 Å². The largest absolute Gasteiger partial charge is 0.353 e. The molecule has 1 aromatic heterocycles. The molecule has 0 amide bonds. The van der Waals surface area contributed by atoms with Gasteiger partial charge in [-0.2, -0.15) is 5.10 Å². The minimum absolute atomic E-state index is 0.780. The molecule has 1 N–H and O–H groups in total. The molecular formula is C14H22N4. The molecule has 1 aliphatic heterocycles. The molecule has 1 saturated heterocycles. The van der Waals surface area contributed by atoms with Crippen LogP contribution in [0.4, 0.5) is 5.82 Å². The predicted octanol–water partition coefficient (Wildman–Crippen LogP) is 1.96. The van der Waals surface area contributed by atoms with Gasteiger partial charge in [-0.15, -0.1) is 0 Å². The van der Waals surface area contributed by atoms with Gasteiger partial charge in [-0.05, 0) is 25.7 Å². The number of aromatic amines is 1. The van der Waals surface area contributed by atoms with E-state index in [9.17, 15) is 0 Å². The Morgan fingerprint density at radius 1 is 1.06 bits per heavy atom. The number of anilines is 1. The number of rotatable bonds is 3. The molecule has 4 heteroatoms. The summed E-state index contributed by atoms with van der Waals surface area (Å²) in [7, 11) is 0. The molecule has 98 valence electrons. The molecule has 3 aliphatic rings. The Bertz CT molecular complexity index is 411. The molecule has 4 rings (SSSR count). The van der Waals surface area contributed by atoms with E-state index in [2.05, 4.69) is 26.1 Å². The van der Waals surface area contributed by atoms with Gasteiger partial charge in [0.1, 0.15) is 0 Å². The zero-order valence-electron chi connectivity index (χ0n) is 10.9. The molecule has 2 heterocycles. The minimum atomic E-state index is 0.780. The second kappa shape index (κ2) is 4.26. The fourth-order valence-electron chi connectivity index (χ4n) is 3.16. The highest BCUT2D eigenvalue weighted by molar-refractivity contribution is 5.41. The van der Waals surface area contributed by atoms with Crippen LogP contribution < -0.4 is 4.90 Å². The van der Waals surface area contributed by atoms with Crippen molar-refractivity contribution in [2.24, 2.45) is 0 Å². The summed E-state index contributed by atoms with van der Waals surface area (Å²) in [5.41, 5.74) is 1.35. The van der Waals surface area contributed by atoms with Crippen molar-refractivity contribution in [2.45, 2.75) is 44.1 Å². The van der Waals surface area contributed by atoms with E-state index in [4.69, 9.17) is 0 Å². The Kier molecular flexibility index (Phi) is 2.57. The van der Waals surface area contributed by atoms with Gasteiger partial charge in [0.15, 0.2) is 5.82 Å². The Morgan fingerprint density at radius 3 is 2.44 bits per heavy atom. The van der Waals surface area contributed by atoms with Crippen LogP contribution in [0.15, 0.2) is 6.07 Å². The second-order valence-electron chi connectivity index (χ2n) is 6.06. The van der Waals surface area contributed by atoms with Crippen LogP contribution in [0.3, 0.4) is 0 Å². The lowest BCUT2D eigenvalue weighted by Gasteiger charge is -2.43. The first kappa shape index (κ1) is 10.9. The number of hydrogen-bond acceptors (Lipinski definition) is 3. The molecule has 0 radical (unpaired) electrons. The third-order valence-corrected chi connectivity index (χ3v) is 4.83. The lowest BCUT2D eigenvalue weighted by Crippen LogP contribution is -2.52. The summed E-state index contributed by atoms with van der Waals surface area (Å²) in [6.07, 6.45) is 6.98. The maximum Gasteiger partial charge on any atom is 0.150 e. The van der Waals surface area contributed by atoms with Crippen molar-refractivity contribution >= 4 is 5.82 Å². The summed E-state index contributed by atoms with van der Waals surface area (Å²) in [6, 6.07) is 3.17. The van der Waals surface area contributed by atoms with Crippen molar-refractivity contribution in [2.75, 3.05) is 31.1 Å². The van der Waals surface area contributed by atoms with E-state index < -0.39 is 0 Å². The van der Waals surface area contributed by atoms with Crippen LogP contribution in [0, 0.1) is 0 Å². The maximum atomic E-state index is 4.49. The smallest absolute Gasteiger partial charge is 0.150 e. The molecule has 0 aromatic carbocycles. The fourth-order valence-corrected chi connectivity index (χ4v) is 3.16. The van der Waals surface area contributed by atoms with Crippen LogP contribution in [0.5, 0.6) is 0 Å². The van der Waals surface area contributed by atoms with E-state index >= 15 is 0 Å². The lowest BCUT2D eigenvalue weighted by atomic mass is 9.91. The van der Waals surface area contributed by atoms with Crippen molar-refractivity contribution in [3.8, 4) is 0 Å². The molecule has 3 fully saturated rings. The van der Waals surface area contributed by atoms with Gasteiger partial charge in [-0.1, -0.05) is 6.42 Å². The number of hydrogen-bond donors (Lipinski definition) is 1. The van der Waals surface area contributed by atoms with Crippen molar-refractivity contribution < 1.29 is 0 Å². The summed E-state index contributed by atoms with van der Waals surface area (Å²) < 4.78 is 0. The molecule has 0 unspecified atom stereocenters.